The molecule has 6 rings (SSSR count). The number of carbonyl (C=O) groups excluding carboxylic acids is 2. The van der Waals surface area contributed by atoms with E-state index in [-0.39, 0.29) is 24.8 Å². The van der Waals surface area contributed by atoms with E-state index in [0.717, 1.165) is 43.8 Å². The summed E-state index contributed by atoms with van der Waals surface area (Å²) < 4.78 is 0. The molecular formula is C40H37N3O2. The maximum Gasteiger partial charge on any atom is 0.225 e. The molecule has 45 heavy (non-hydrogen) atoms. The molecule has 0 bridgehead atoms. The molecule has 0 aromatic heterocycles. The lowest BCUT2D eigenvalue weighted by Gasteiger charge is -2.34. The number of primary amides is 1. The number of amides is 2. The van der Waals surface area contributed by atoms with Crippen LogP contribution in [0, 0.1) is 0 Å². The van der Waals surface area contributed by atoms with Gasteiger partial charge in [-0.15, -0.1) is 0 Å². The second-order valence-electron chi connectivity index (χ2n) is 11.5. The third-order valence-electron chi connectivity index (χ3n) is 8.44. The summed E-state index contributed by atoms with van der Waals surface area (Å²) in [6.07, 6.45) is 0.219. The molecule has 0 spiro atoms. The van der Waals surface area contributed by atoms with Gasteiger partial charge in [-0.25, -0.2) is 0 Å². The molecule has 2 atom stereocenters. The maximum absolute atomic E-state index is 14.7. The minimum absolute atomic E-state index is 0.0168. The van der Waals surface area contributed by atoms with Crippen LogP contribution in [-0.4, -0.2) is 16.7 Å². The van der Waals surface area contributed by atoms with Gasteiger partial charge in [-0.3, -0.25) is 9.59 Å². The Morgan fingerprint density at radius 2 is 1.09 bits per heavy atom. The summed E-state index contributed by atoms with van der Waals surface area (Å²) in [5.41, 5.74) is 9.98. The number of hydrogen-bond donors (Lipinski definition) is 2. The Labute approximate surface area is 264 Å². The topological polar surface area (TPSA) is 75.4 Å². The second-order valence-corrected chi connectivity index (χ2v) is 11.5. The molecule has 6 aromatic rings. The molecule has 0 heterocycles. The summed E-state index contributed by atoms with van der Waals surface area (Å²) in [5.74, 6) is -0.511. The molecule has 2 amide bonds. The Morgan fingerprint density at radius 1 is 0.578 bits per heavy atom. The van der Waals surface area contributed by atoms with E-state index in [1.807, 2.05) is 114 Å². The SMILES string of the molecule is NC(=O)C[C@@H](c1cccc2ccccc12)N(Cc1ccccc1)C(=O)C[C@H](NCc1ccccc1)c1cccc2ccccc12. The smallest absolute Gasteiger partial charge is 0.225 e. The first-order valence-corrected chi connectivity index (χ1v) is 15.4. The van der Waals surface area contributed by atoms with Crippen LogP contribution in [0.4, 0.5) is 0 Å². The number of nitrogens with zero attached hydrogens (tertiary/aromatic N) is 1. The molecule has 5 heteroatoms. The molecule has 0 aliphatic heterocycles. The first kappa shape index (κ1) is 29.8. The Morgan fingerprint density at radius 3 is 1.71 bits per heavy atom. The molecule has 0 saturated heterocycles. The van der Waals surface area contributed by atoms with Crippen LogP contribution in [0.1, 0.15) is 47.2 Å². The lowest BCUT2D eigenvalue weighted by atomic mass is 9.93. The van der Waals surface area contributed by atoms with E-state index < -0.39 is 11.9 Å². The van der Waals surface area contributed by atoms with Gasteiger partial charge in [-0.1, -0.05) is 146 Å². The number of nitrogens with two attached hydrogens (primary N) is 1. The highest BCUT2D eigenvalue weighted by molar-refractivity contribution is 5.89. The summed E-state index contributed by atoms with van der Waals surface area (Å²) in [4.78, 5) is 29.2. The lowest BCUT2D eigenvalue weighted by Crippen LogP contribution is -2.39. The molecule has 6 aromatic carbocycles. The molecule has 0 radical (unpaired) electrons. The molecular weight excluding hydrogens is 554 g/mol. The first-order chi connectivity index (χ1) is 22.1. The number of rotatable bonds is 12. The Bertz CT molecular complexity index is 1900. The molecule has 0 aliphatic carbocycles. The van der Waals surface area contributed by atoms with Crippen molar-refractivity contribution in [2.75, 3.05) is 0 Å². The highest BCUT2D eigenvalue weighted by Crippen LogP contribution is 2.34. The van der Waals surface area contributed by atoms with Crippen molar-refractivity contribution in [1.29, 1.82) is 0 Å². The minimum atomic E-state index is -0.538. The van der Waals surface area contributed by atoms with Crippen LogP contribution in [0.25, 0.3) is 21.5 Å². The monoisotopic (exact) mass is 591 g/mol. The van der Waals surface area contributed by atoms with Crippen LogP contribution >= 0.6 is 0 Å². The zero-order valence-electron chi connectivity index (χ0n) is 25.2. The van der Waals surface area contributed by atoms with Crippen LogP contribution in [0.2, 0.25) is 0 Å². The lowest BCUT2D eigenvalue weighted by molar-refractivity contribution is -0.136. The number of carbonyl (C=O) groups is 2. The highest BCUT2D eigenvalue weighted by atomic mass is 16.2. The summed E-state index contributed by atoms with van der Waals surface area (Å²) >= 11 is 0. The summed E-state index contributed by atoms with van der Waals surface area (Å²) in [5, 5.41) is 7.99. The Hall–Kier alpha value is -5.26. The molecule has 0 fully saturated rings. The van der Waals surface area contributed by atoms with Crippen molar-refractivity contribution in [2.45, 2.75) is 38.0 Å². The average Bonchev–Trinajstić information content (AvgIpc) is 3.08. The van der Waals surface area contributed by atoms with Crippen LogP contribution in [0.15, 0.2) is 146 Å². The van der Waals surface area contributed by atoms with Crippen molar-refractivity contribution in [3.8, 4) is 0 Å². The van der Waals surface area contributed by atoms with Crippen LogP contribution in [0.3, 0.4) is 0 Å². The molecule has 5 nitrogen and oxygen atoms in total. The van der Waals surface area contributed by atoms with Gasteiger partial charge in [-0.2, -0.15) is 0 Å². The van der Waals surface area contributed by atoms with E-state index in [1.54, 1.807) is 0 Å². The largest absolute Gasteiger partial charge is 0.370 e. The van der Waals surface area contributed by atoms with Crippen molar-refractivity contribution in [3.05, 3.63) is 168 Å². The molecule has 3 N–H and O–H groups in total. The van der Waals surface area contributed by atoms with Gasteiger partial charge in [0.05, 0.1) is 12.5 Å². The highest BCUT2D eigenvalue weighted by Gasteiger charge is 2.30. The summed E-state index contributed by atoms with van der Waals surface area (Å²) in [6, 6.07) is 48.0. The first-order valence-electron chi connectivity index (χ1n) is 15.4. The van der Waals surface area contributed by atoms with E-state index in [2.05, 4.69) is 41.7 Å². The fourth-order valence-electron chi connectivity index (χ4n) is 6.25. The molecule has 0 aliphatic rings. The van der Waals surface area contributed by atoms with Gasteiger partial charge < -0.3 is 16.0 Å². The molecule has 0 unspecified atom stereocenters. The number of benzene rings is 6. The van der Waals surface area contributed by atoms with Crippen LogP contribution in [0.5, 0.6) is 0 Å². The van der Waals surface area contributed by atoms with E-state index in [0.29, 0.717) is 13.1 Å². The maximum atomic E-state index is 14.7. The third-order valence-corrected chi connectivity index (χ3v) is 8.44. The van der Waals surface area contributed by atoms with Crippen molar-refractivity contribution in [2.24, 2.45) is 5.73 Å². The normalized spacial score (nSPS) is 12.5. The van der Waals surface area contributed by atoms with Crippen molar-refractivity contribution in [3.63, 3.8) is 0 Å². The standard InChI is InChI=1S/C40H37N3O2/c41-39(44)26-38(36-24-12-20-32-18-8-10-22-34(32)36)43(28-30-15-5-2-6-16-30)40(45)25-37(42-27-29-13-3-1-4-14-29)35-23-11-19-31-17-7-9-21-33(31)35/h1-24,37-38,42H,25-28H2,(H2,41,44)/t37-,38-/m0/s1. The summed E-state index contributed by atoms with van der Waals surface area (Å²) in [7, 11) is 0. The van der Waals surface area contributed by atoms with Gasteiger partial charge in [0, 0.05) is 25.6 Å². The van der Waals surface area contributed by atoms with Crippen LogP contribution in [-0.2, 0) is 22.7 Å². The number of fused-ring (bicyclic) bond motifs is 2. The van der Waals surface area contributed by atoms with E-state index in [4.69, 9.17) is 5.73 Å². The molecule has 0 saturated carbocycles. The van der Waals surface area contributed by atoms with E-state index in [1.165, 1.54) is 0 Å². The average molecular weight is 592 g/mol. The fraction of sp³-hybridized carbons (Fsp3) is 0.150. The van der Waals surface area contributed by atoms with E-state index >= 15 is 0 Å². The van der Waals surface area contributed by atoms with Crippen LogP contribution < -0.4 is 11.1 Å². The van der Waals surface area contributed by atoms with E-state index in [9.17, 15) is 9.59 Å². The zero-order valence-corrected chi connectivity index (χ0v) is 25.2. The van der Waals surface area contributed by atoms with Crippen molar-refractivity contribution < 1.29 is 9.59 Å². The summed E-state index contributed by atoms with van der Waals surface area (Å²) in [6.45, 7) is 0.955. The fourth-order valence-corrected chi connectivity index (χ4v) is 6.25. The Balaban J connectivity index is 1.42. The van der Waals surface area contributed by atoms with Gasteiger partial charge >= 0.3 is 0 Å². The quantitative estimate of drug-likeness (QED) is 0.152. The van der Waals surface area contributed by atoms with Gasteiger partial charge in [0.25, 0.3) is 0 Å². The predicted molar refractivity (Wildman–Crippen MR) is 182 cm³/mol. The molecule has 224 valence electrons. The number of nitrogens with one attached hydrogen (secondary N) is 1. The van der Waals surface area contributed by atoms with Gasteiger partial charge in [0.2, 0.25) is 11.8 Å². The predicted octanol–water partition coefficient (Wildman–Crippen LogP) is 7.86. The zero-order chi connectivity index (χ0) is 31.0. The van der Waals surface area contributed by atoms with Gasteiger partial charge in [-0.05, 0) is 43.8 Å². The van der Waals surface area contributed by atoms with Crippen molar-refractivity contribution in [1.82, 2.24) is 10.2 Å². The Kier molecular flexibility index (Phi) is 9.28. The number of hydrogen-bond acceptors (Lipinski definition) is 3. The minimum Gasteiger partial charge on any atom is -0.370 e. The van der Waals surface area contributed by atoms with Crippen molar-refractivity contribution >= 4 is 33.4 Å². The van der Waals surface area contributed by atoms with Gasteiger partial charge in [0.1, 0.15) is 0 Å². The van der Waals surface area contributed by atoms with Gasteiger partial charge in [0.15, 0.2) is 0 Å². The second kappa shape index (κ2) is 14.0. The third kappa shape index (κ3) is 7.11.